The van der Waals surface area contributed by atoms with Crippen LogP contribution in [0.25, 0.3) is 16.7 Å². The number of nitrogens with one attached hydrogen (secondary N) is 1. The average Bonchev–Trinajstić information content (AvgIpc) is 2.52. The molecule has 1 heterocycles. The van der Waals surface area contributed by atoms with Gasteiger partial charge >= 0.3 is 5.69 Å². The molecule has 1 aromatic carbocycles. The molecule has 0 saturated heterocycles. The first-order chi connectivity index (χ1) is 7.52. The first kappa shape index (κ1) is 10.2. The van der Waals surface area contributed by atoms with E-state index in [9.17, 15) is 14.9 Å². The minimum atomic E-state index is -0.519. The van der Waals surface area contributed by atoms with Crippen LogP contribution in [0.15, 0.2) is 29.6 Å². The van der Waals surface area contributed by atoms with Crippen molar-refractivity contribution in [2.45, 2.75) is 6.92 Å². The molecule has 82 valence electrons. The lowest BCUT2D eigenvalue weighted by atomic mass is 10.2. The van der Waals surface area contributed by atoms with Crippen molar-refractivity contribution in [1.82, 2.24) is 9.55 Å². The number of imidazole rings is 1. The van der Waals surface area contributed by atoms with Gasteiger partial charge in [0.25, 0.3) is 5.69 Å². The van der Waals surface area contributed by atoms with Gasteiger partial charge in [-0.3, -0.25) is 14.7 Å². The van der Waals surface area contributed by atoms with Crippen LogP contribution in [0.2, 0.25) is 0 Å². The number of allylic oxidation sites excluding steroid dienone is 1. The highest BCUT2D eigenvalue weighted by atomic mass is 16.6. The summed E-state index contributed by atoms with van der Waals surface area (Å²) in [7, 11) is 0. The third-order valence-corrected chi connectivity index (χ3v) is 2.26. The number of nitro benzene ring substituents is 1. The Kier molecular flexibility index (Phi) is 2.12. The van der Waals surface area contributed by atoms with Crippen LogP contribution in [-0.4, -0.2) is 14.5 Å². The van der Waals surface area contributed by atoms with E-state index in [1.807, 2.05) is 0 Å². The predicted molar refractivity (Wildman–Crippen MR) is 60.2 cm³/mol. The van der Waals surface area contributed by atoms with Crippen LogP contribution in [0, 0.1) is 10.1 Å². The van der Waals surface area contributed by atoms with E-state index in [-0.39, 0.29) is 11.2 Å². The molecule has 6 heteroatoms. The zero-order chi connectivity index (χ0) is 11.9. The highest BCUT2D eigenvalue weighted by Crippen LogP contribution is 2.24. The monoisotopic (exact) mass is 219 g/mol. The number of fused-ring (bicyclic) bond motifs is 1. The molecule has 2 rings (SSSR count). The van der Waals surface area contributed by atoms with E-state index in [2.05, 4.69) is 11.6 Å². The molecule has 0 amide bonds. The summed E-state index contributed by atoms with van der Waals surface area (Å²) < 4.78 is 1.20. The van der Waals surface area contributed by atoms with Crippen molar-refractivity contribution in [1.29, 1.82) is 0 Å². The van der Waals surface area contributed by atoms with Crippen molar-refractivity contribution in [3.63, 3.8) is 0 Å². The Balaban J connectivity index is 3.00. The van der Waals surface area contributed by atoms with Gasteiger partial charge in [-0.05, 0) is 13.0 Å². The molecule has 0 aliphatic heterocycles. The number of para-hydroxylation sites is 1. The number of aromatic amines is 1. The van der Waals surface area contributed by atoms with Crippen molar-refractivity contribution in [2.24, 2.45) is 0 Å². The number of nitro groups is 1. The Morgan fingerprint density at radius 1 is 1.56 bits per heavy atom. The second kappa shape index (κ2) is 3.34. The lowest BCUT2D eigenvalue weighted by molar-refractivity contribution is -0.383. The Morgan fingerprint density at radius 2 is 2.25 bits per heavy atom. The van der Waals surface area contributed by atoms with Gasteiger partial charge in [0.15, 0.2) is 5.52 Å². The van der Waals surface area contributed by atoms with E-state index in [1.54, 1.807) is 13.0 Å². The molecule has 6 nitrogen and oxygen atoms in total. The molecule has 0 atom stereocenters. The lowest BCUT2D eigenvalue weighted by Crippen LogP contribution is -2.14. The molecular weight excluding hydrogens is 210 g/mol. The second-order valence-corrected chi connectivity index (χ2v) is 3.43. The molecule has 0 fully saturated rings. The topological polar surface area (TPSA) is 80.9 Å². The Bertz CT molecular complexity index is 651. The molecule has 0 aliphatic rings. The maximum atomic E-state index is 11.6. The van der Waals surface area contributed by atoms with Gasteiger partial charge < -0.3 is 4.98 Å². The lowest BCUT2D eigenvalue weighted by Gasteiger charge is -2.01. The van der Waals surface area contributed by atoms with Crippen LogP contribution in [0.3, 0.4) is 0 Å². The van der Waals surface area contributed by atoms with Gasteiger partial charge in [0.1, 0.15) is 0 Å². The van der Waals surface area contributed by atoms with E-state index in [1.165, 1.54) is 16.7 Å². The van der Waals surface area contributed by atoms with Gasteiger partial charge in [0.05, 0.1) is 10.4 Å². The third kappa shape index (κ3) is 1.31. The minimum absolute atomic E-state index is 0.112. The van der Waals surface area contributed by atoms with Crippen molar-refractivity contribution in [2.75, 3.05) is 0 Å². The zero-order valence-corrected chi connectivity index (χ0v) is 8.56. The first-order valence-electron chi connectivity index (χ1n) is 4.56. The molecule has 0 aliphatic carbocycles. The van der Waals surface area contributed by atoms with E-state index in [0.717, 1.165) is 0 Å². The van der Waals surface area contributed by atoms with Gasteiger partial charge in [-0.1, -0.05) is 12.6 Å². The summed E-state index contributed by atoms with van der Waals surface area (Å²) in [5.74, 6) is 0. The SMILES string of the molecule is C=C(C)n1c(=O)[nH]c2cccc([N+](=O)[O-])c21. The van der Waals surface area contributed by atoms with E-state index < -0.39 is 10.6 Å². The zero-order valence-electron chi connectivity index (χ0n) is 8.56. The minimum Gasteiger partial charge on any atom is -0.305 e. The summed E-state index contributed by atoms with van der Waals surface area (Å²) in [5.41, 5.74) is 0.591. The molecule has 0 saturated carbocycles. The summed E-state index contributed by atoms with van der Waals surface area (Å²) in [6.45, 7) is 5.25. The Morgan fingerprint density at radius 3 is 2.81 bits per heavy atom. The molecule has 0 radical (unpaired) electrons. The van der Waals surface area contributed by atoms with Crippen molar-refractivity contribution in [3.05, 3.63) is 45.4 Å². The van der Waals surface area contributed by atoms with Gasteiger partial charge in [0, 0.05) is 11.8 Å². The summed E-state index contributed by atoms with van der Waals surface area (Å²) in [5, 5.41) is 10.8. The molecule has 16 heavy (non-hydrogen) atoms. The van der Waals surface area contributed by atoms with Crippen molar-refractivity contribution >= 4 is 22.4 Å². The summed E-state index contributed by atoms with van der Waals surface area (Å²) in [4.78, 5) is 24.5. The van der Waals surface area contributed by atoms with Crippen LogP contribution in [-0.2, 0) is 0 Å². The van der Waals surface area contributed by atoms with E-state index >= 15 is 0 Å². The number of aromatic nitrogens is 2. The maximum absolute atomic E-state index is 11.6. The number of rotatable bonds is 2. The Hall–Kier alpha value is -2.37. The van der Waals surface area contributed by atoms with Gasteiger partial charge in [-0.25, -0.2) is 4.79 Å². The maximum Gasteiger partial charge on any atom is 0.331 e. The number of nitrogens with zero attached hydrogens (tertiary/aromatic N) is 2. The molecule has 2 aromatic rings. The molecule has 0 spiro atoms. The van der Waals surface area contributed by atoms with Crippen LogP contribution < -0.4 is 5.69 Å². The van der Waals surface area contributed by atoms with Gasteiger partial charge in [-0.2, -0.15) is 0 Å². The number of non-ortho nitro benzene ring substituents is 1. The van der Waals surface area contributed by atoms with E-state index in [0.29, 0.717) is 11.2 Å². The van der Waals surface area contributed by atoms with E-state index in [4.69, 9.17) is 0 Å². The number of hydrogen-bond acceptors (Lipinski definition) is 3. The van der Waals surface area contributed by atoms with Crippen LogP contribution in [0.5, 0.6) is 0 Å². The molecule has 1 aromatic heterocycles. The molecular formula is C10H9N3O3. The van der Waals surface area contributed by atoms with Crippen LogP contribution in [0.1, 0.15) is 6.92 Å². The molecule has 0 bridgehead atoms. The van der Waals surface area contributed by atoms with Gasteiger partial charge in [-0.15, -0.1) is 0 Å². The number of H-pyrrole nitrogens is 1. The third-order valence-electron chi connectivity index (χ3n) is 2.26. The normalized spacial score (nSPS) is 10.6. The van der Waals surface area contributed by atoms with Crippen molar-refractivity contribution in [3.8, 4) is 0 Å². The summed E-state index contributed by atoms with van der Waals surface area (Å²) in [6, 6.07) is 4.50. The molecule has 0 unspecified atom stereocenters. The van der Waals surface area contributed by atoms with Crippen LogP contribution >= 0.6 is 0 Å². The fourth-order valence-electron chi connectivity index (χ4n) is 1.65. The average molecular weight is 219 g/mol. The number of hydrogen-bond donors (Lipinski definition) is 1. The summed E-state index contributed by atoms with van der Waals surface area (Å²) >= 11 is 0. The number of benzene rings is 1. The fourth-order valence-corrected chi connectivity index (χ4v) is 1.65. The largest absolute Gasteiger partial charge is 0.331 e. The highest BCUT2D eigenvalue weighted by molar-refractivity contribution is 5.87. The second-order valence-electron chi connectivity index (χ2n) is 3.43. The summed E-state index contributed by atoms with van der Waals surface area (Å²) in [6.07, 6.45) is 0. The van der Waals surface area contributed by atoms with Gasteiger partial charge in [0.2, 0.25) is 0 Å². The standard InChI is InChI=1S/C10H9N3O3/c1-6(2)12-9-7(11-10(12)14)4-3-5-8(9)13(15)16/h3-5H,1H2,2H3,(H,11,14). The predicted octanol–water partition coefficient (Wildman–Crippen LogP) is 1.73. The van der Waals surface area contributed by atoms with Crippen LogP contribution in [0.4, 0.5) is 5.69 Å². The smallest absolute Gasteiger partial charge is 0.305 e. The Labute approximate surface area is 90.0 Å². The quantitative estimate of drug-likeness (QED) is 0.616. The first-order valence-corrected chi connectivity index (χ1v) is 4.56. The van der Waals surface area contributed by atoms with Crippen molar-refractivity contribution < 1.29 is 4.92 Å². The molecule has 1 N–H and O–H groups in total. The highest BCUT2D eigenvalue weighted by Gasteiger charge is 2.18. The fraction of sp³-hybridized carbons (Fsp3) is 0.100.